The fourth-order valence-corrected chi connectivity index (χ4v) is 3.18. The van der Waals surface area contributed by atoms with Gasteiger partial charge in [0.15, 0.2) is 0 Å². The van der Waals surface area contributed by atoms with E-state index in [1.807, 2.05) is 30.3 Å². The number of benzene rings is 1. The molecule has 3 rings (SSSR count). The third-order valence-electron chi connectivity index (χ3n) is 4.61. The maximum atomic E-state index is 12.4. The van der Waals surface area contributed by atoms with Crippen molar-refractivity contribution >= 4 is 17.6 Å². The van der Waals surface area contributed by atoms with Crippen LogP contribution in [-0.4, -0.2) is 36.5 Å². The van der Waals surface area contributed by atoms with Gasteiger partial charge in [0, 0.05) is 11.6 Å². The number of anilines is 1. The van der Waals surface area contributed by atoms with E-state index in [0.717, 1.165) is 31.6 Å². The van der Waals surface area contributed by atoms with E-state index in [9.17, 15) is 9.59 Å². The number of nitrogens with one attached hydrogen (secondary N) is 1. The van der Waals surface area contributed by atoms with Crippen LogP contribution in [0.25, 0.3) is 0 Å². The van der Waals surface area contributed by atoms with Gasteiger partial charge in [-0.25, -0.2) is 4.79 Å². The van der Waals surface area contributed by atoms with Crippen LogP contribution in [0, 0.1) is 5.92 Å². The van der Waals surface area contributed by atoms with E-state index in [4.69, 9.17) is 9.15 Å². The molecule has 1 saturated heterocycles. The minimum absolute atomic E-state index is 0.00702. The Kier molecular flexibility index (Phi) is 6.07. The first-order valence-corrected chi connectivity index (χ1v) is 8.99. The van der Waals surface area contributed by atoms with Crippen molar-refractivity contribution in [3.8, 4) is 0 Å². The Morgan fingerprint density at radius 3 is 2.62 bits per heavy atom. The number of hydrogen-bond donors (Lipinski definition) is 1. The fraction of sp³-hybridized carbons (Fsp3) is 0.400. The van der Waals surface area contributed by atoms with E-state index in [2.05, 4.69) is 10.2 Å². The first kappa shape index (κ1) is 18.2. The van der Waals surface area contributed by atoms with Crippen molar-refractivity contribution in [3.05, 3.63) is 54.0 Å². The van der Waals surface area contributed by atoms with Gasteiger partial charge in [0.25, 0.3) is 0 Å². The van der Waals surface area contributed by atoms with Crippen molar-refractivity contribution in [1.29, 1.82) is 0 Å². The molecule has 6 nitrogen and oxygen atoms in total. The molecule has 2 heterocycles. The molecule has 0 unspecified atom stereocenters. The summed E-state index contributed by atoms with van der Waals surface area (Å²) in [6.45, 7) is 4.24. The summed E-state index contributed by atoms with van der Waals surface area (Å²) >= 11 is 0. The van der Waals surface area contributed by atoms with Gasteiger partial charge in [-0.3, -0.25) is 9.69 Å². The Hall–Kier alpha value is -2.60. The lowest BCUT2D eigenvalue weighted by atomic mass is 9.95. The highest BCUT2D eigenvalue weighted by Gasteiger charge is 2.26. The van der Waals surface area contributed by atoms with Gasteiger partial charge in [0.05, 0.1) is 19.4 Å². The number of likely N-dealkylation sites (tertiary alicyclic amines) is 1. The highest BCUT2D eigenvalue weighted by molar-refractivity contribution is 5.92. The predicted molar refractivity (Wildman–Crippen MR) is 97.7 cm³/mol. The number of carbonyl (C=O) groups is 2. The molecule has 1 fully saturated rings. The van der Waals surface area contributed by atoms with Crippen LogP contribution in [0.15, 0.2) is 47.1 Å². The van der Waals surface area contributed by atoms with Crippen LogP contribution >= 0.6 is 0 Å². The number of nitrogens with zero attached hydrogens (tertiary/aromatic N) is 1. The van der Waals surface area contributed by atoms with Gasteiger partial charge < -0.3 is 14.5 Å². The minimum atomic E-state index is -0.353. The van der Waals surface area contributed by atoms with Crippen LogP contribution < -0.4 is 5.32 Å². The number of hydrogen-bond acceptors (Lipinski definition) is 5. The van der Waals surface area contributed by atoms with Crippen LogP contribution in [-0.2, 0) is 16.1 Å². The van der Waals surface area contributed by atoms with Crippen LogP contribution in [0.3, 0.4) is 0 Å². The summed E-state index contributed by atoms with van der Waals surface area (Å²) in [5.74, 6) is 0.345. The number of furan rings is 1. The summed E-state index contributed by atoms with van der Waals surface area (Å²) in [6, 6.07) is 11.2. The van der Waals surface area contributed by atoms with Gasteiger partial charge in [-0.2, -0.15) is 0 Å². The molecule has 1 aliphatic heterocycles. The van der Waals surface area contributed by atoms with Crippen LogP contribution in [0.4, 0.5) is 5.69 Å². The molecule has 1 aliphatic rings. The lowest BCUT2D eigenvalue weighted by Crippen LogP contribution is -2.37. The normalized spacial score (nSPS) is 15.6. The van der Waals surface area contributed by atoms with Crippen molar-refractivity contribution in [3.63, 3.8) is 0 Å². The summed E-state index contributed by atoms with van der Waals surface area (Å²) in [4.78, 5) is 26.5. The van der Waals surface area contributed by atoms with Crippen molar-refractivity contribution in [2.24, 2.45) is 5.92 Å². The van der Waals surface area contributed by atoms with E-state index >= 15 is 0 Å². The molecule has 1 N–H and O–H groups in total. The second-order valence-electron chi connectivity index (χ2n) is 6.38. The van der Waals surface area contributed by atoms with E-state index < -0.39 is 0 Å². The Balaban J connectivity index is 1.51. The van der Waals surface area contributed by atoms with Gasteiger partial charge in [0.1, 0.15) is 11.3 Å². The number of esters is 1. The Labute approximate surface area is 153 Å². The van der Waals surface area contributed by atoms with E-state index in [0.29, 0.717) is 24.5 Å². The quantitative estimate of drug-likeness (QED) is 0.804. The van der Waals surface area contributed by atoms with Crippen molar-refractivity contribution in [2.75, 3.05) is 25.0 Å². The van der Waals surface area contributed by atoms with E-state index in [1.54, 1.807) is 13.0 Å². The molecule has 2 aromatic rings. The van der Waals surface area contributed by atoms with E-state index in [-0.39, 0.29) is 17.8 Å². The molecular weight excluding hydrogens is 332 g/mol. The summed E-state index contributed by atoms with van der Waals surface area (Å²) in [6.07, 6.45) is 3.09. The van der Waals surface area contributed by atoms with E-state index in [1.165, 1.54) is 6.26 Å². The average molecular weight is 356 g/mol. The number of ether oxygens (including phenoxy) is 1. The third-order valence-corrected chi connectivity index (χ3v) is 4.61. The number of piperidine rings is 1. The third kappa shape index (κ3) is 4.52. The Bertz CT molecular complexity index is 733. The van der Waals surface area contributed by atoms with Crippen LogP contribution in [0.5, 0.6) is 0 Å². The number of para-hydroxylation sites is 1. The van der Waals surface area contributed by atoms with Gasteiger partial charge in [-0.15, -0.1) is 0 Å². The molecule has 0 spiro atoms. The fourth-order valence-electron chi connectivity index (χ4n) is 3.18. The molecule has 1 amide bonds. The SMILES string of the molecule is CCOC(=O)c1ccoc1CN1CCC(C(=O)Nc2ccccc2)CC1. The van der Waals surface area contributed by atoms with Crippen LogP contribution in [0.2, 0.25) is 0 Å². The summed E-state index contributed by atoms with van der Waals surface area (Å²) in [5.41, 5.74) is 1.31. The lowest BCUT2D eigenvalue weighted by Gasteiger charge is -2.30. The molecule has 138 valence electrons. The highest BCUT2D eigenvalue weighted by atomic mass is 16.5. The Morgan fingerprint density at radius 2 is 1.92 bits per heavy atom. The summed E-state index contributed by atoms with van der Waals surface area (Å²) < 4.78 is 10.5. The second-order valence-corrected chi connectivity index (χ2v) is 6.38. The van der Waals surface area contributed by atoms with Gasteiger partial charge in [-0.05, 0) is 51.1 Å². The number of carbonyl (C=O) groups excluding carboxylic acids is 2. The Morgan fingerprint density at radius 1 is 1.19 bits per heavy atom. The molecule has 0 saturated carbocycles. The molecule has 0 atom stereocenters. The molecule has 1 aromatic heterocycles. The zero-order chi connectivity index (χ0) is 18.4. The van der Waals surface area contributed by atoms with Crippen molar-refractivity contribution in [1.82, 2.24) is 4.90 Å². The smallest absolute Gasteiger partial charge is 0.341 e. The summed E-state index contributed by atoms with van der Waals surface area (Å²) in [5, 5.41) is 2.97. The molecule has 6 heteroatoms. The summed E-state index contributed by atoms with van der Waals surface area (Å²) in [7, 11) is 0. The number of amides is 1. The topological polar surface area (TPSA) is 71.8 Å². The maximum absolute atomic E-state index is 12.4. The molecular formula is C20H24N2O4. The molecule has 0 bridgehead atoms. The molecule has 1 aromatic carbocycles. The number of rotatable bonds is 6. The van der Waals surface area contributed by atoms with Crippen molar-refractivity contribution < 1.29 is 18.7 Å². The second kappa shape index (κ2) is 8.67. The van der Waals surface area contributed by atoms with Gasteiger partial charge >= 0.3 is 5.97 Å². The largest absolute Gasteiger partial charge is 0.467 e. The zero-order valence-corrected chi connectivity index (χ0v) is 14.9. The average Bonchev–Trinajstić information content (AvgIpc) is 3.11. The standard InChI is InChI=1S/C20H24N2O4/c1-2-25-20(24)17-10-13-26-18(17)14-22-11-8-15(9-12-22)19(23)21-16-6-4-3-5-7-16/h3-7,10,13,15H,2,8-9,11-12,14H2,1H3,(H,21,23). The van der Waals surface area contributed by atoms with Gasteiger partial charge in [0.2, 0.25) is 5.91 Å². The zero-order valence-electron chi connectivity index (χ0n) is 14.9. The van der Waals surface area contributed by atoms with Crippen molar-refractivity contribution in [2.45, 2.75) is 26.3 Å². The monoisotopic (exact) mass is 356 g/mol. The first-order valence-electron chi connectivity index (χ1n) is 8.99. The predicted octanol–water partition coefficient (Wildman–Crippen LogP) is 3.31. The molecule has 0 aliphatic carbocycles. The maximum Gasteiger partial charge on any atom is 0.341 e. The lowest BCUT2D eigenvalue weighted by molar-refractivity contribution is -0.121. The van der Waals surface area contributed by atoms with Crippen LogP contribution in [0.1, 0.15) is 35.9 Å². The highest BCUT2D eigenvalue weighted by Crippen LogP contribution is 2.22. The van der Waals surface area contributed by atoms with Gasteiger partial charge in [-0.1, -0.05) is 18.2 Å². The molecule has 0 radical (unpaired) electrons. The minimum Gasteiger partial charge on any atom is -0.467 e. The first-order chi connectivity index (χ1) is 12.7. The molecule has 26 heavy (non-hydrogen) atoms.